The molecule has 0 aliphatic heterocycles. The van der Waals surface area contributed by atoms with Crippen LogP contribution in [0.5, 0.6) is 0 Å². The van der Waals surface area contributed by atoms with E-state index in [4.69, 9.17) is 9.52 Å². The Labute approximate surface area is 101 Å². The number of rotatable bonds is 3. The molecule has 4 nitrogen and oxygen atoms in total. The van der Waals surface area contributed by atoms with Crippen molar-refractivity contribution in [3.63, 3.8) is 0 Å². The number of hydrogen-bond acceptors (Lipinski definition) is 3. The summed E-state index contributed by atoms with van der Waals surface area (Å²) in [5, 5.41) is 9.06. The highest BCUT2D eigenvalue weighted by Gasteiger charge is 2.35. The number of nitrogens with zero attached hydrogens (tertiary/aromatic N) is 1. The summed E-state index contributed by atoms with van der Waals surface area (Å²) in [6.45, 7) is 4.03. The van der Waals surface area contributed by atoms with Crippen molar-refractivity contribution in [1.29, 1.82) is 0 Å². The third-order valence-corrected chi connectivity index (χ3v) is 3.70. The van der Waals surface area contributed by atoms with Crippen LogP contribution < -0.4 is 0 Å². The highest BCUT2D eigenvalue weighted by atomic mass is 16.4. The van der Waals surface area contributed by atoms with Crippen molar-refractivity contribution >= 4 is 5.97 Å². The summed E-state index contributed by atoms with van der Waals surface area (Å²) in [7, 11) is 0. The molecule has 1 aliphatic carbocycles. The van der Waals surface area contributed by atoms with E-state index in [-0.39, 0.29) is 11.2 Å². The first kappa shape index (κ1) is 12.1. The molecule has 1 N–H and O–H groups in total. The van der Waals surface area contributed by atoms with E-state index >= 15 is 0 Å². The molecular weight excluding hydrogens is 218 g/mol. The van der Waals surface area contributed by atoms with Gasteiger partial charge in [0.05, 0.1) is 5.69 Å². The zero-order chi connectivity index (χ0) is 12.5. The van der Waals surface area contributed by atoms with Crippen molar-refractivity contribution in [1.82, 2.24) is 4.98 Å². The molecule has 17 heavy (non-hydrogen) atoms. The fourth-order valence-electron chi connectivity index (χ4n) is 2.56. The molecular formula is C13H19NO3. The van der Waals surface area contributed by atoms with Crippen molar-refractivity contribution in [2.75, 3.05) is 0 Å². The number of aromatic carboxylic acids is 1. The summed E-state index contributed by atoms with van der Waals surface area (Å²) in [6.07, 6.45) is 6.26. The minimum absolute atomic E-state index is 0.0225. The standard InChI is InChI=1S/C13H19NO3/c1-3-9-10(11(15)16)17-12(14-9)13(2)7-5-4-6-8-13/h3-8H2,1-2H3,(H,15,16). The van der Waals surface area contributed by atoms with Gasteiger partial charge in [0.2, 0.25) is 11.7 Å². The third kappa shape index (κ3) is 2.21. The second-order valence-corrected chi connectivity index (χ2v) is 5.07. The van der Waals surface area contributed by atoms with Gasteiger partial charge in [-0.15, -0.1) is 0 Å². The van der Waals surface area contributed by atoms with Crippen LogP contribution in [0.1, 0.15) is 68.1 Å². The Morgan fingerprint density at radius 1 is 1.41 bits per heavy atom. The fourth-order valence-corrected chi connectivity index (χ4v) is 2.56. The van der Waals surface area contributed by atoms with Gasteiger partial charge in [0.15, 0.2) is 0 Å². The normalized spacial score (nSPS) is 19.2. The van der Waals surface area contributed by atoms with Crippen molar-refractivity contribution < 1.29 is 14.3 Å². The second-order valence-electron chi connectivity index (χ2n) is 5.07. The summed E-state index contributed by atoms with van der Waals surface area (Å²) in [5.74, 6) is -0.374. The number of carbonyl (C=O) groups is 1. The minimum atomic E-state index is -1.01. The van der Waals surface area contributed by atoms with Crippen LogP contribution in [0, 0.1) is 0 Å². The SMILES string of the molecule is CCc1nc(C2(C)CCCCC2)oc1C(=O)O. The van der Waals surface area contributed by atoms with Gasteiger partial charge in [0, 0.05) is 5.41 Å². The van der Waals surface area contributed by atoms with Gasteiger partial charge in [-0.2, -0.15) is 0 Å². The molecule has 1 aromatic rings. The number of aryl methyl sites for hydroxylation is 1. The lowest BCUT2D eigenvalue weighted by molar-refractivity contribution is 0.0655. The molecule has 0 unspecified atom stereocenters. The highest BCUT2D eigenvalue weighted by Crippen LogP contribution is 2.39. The van der Waals surface area contributed by atoms with Crippen LogP contribution in [0.25, 0.3) is 0 Å². The van der Waals surface area contributed by atoms with Crippen molar-refractivity contribution in [2.24, 2.45) is 0 Å². The van der Waals surface area contributed by atoms with E-state index in [1.165, 1.54) is 19.3 Å². The molecule has 0 amide bonds. The Bertz CT molecular complexity index is 416. The molecule has 1 saturated carbocycles. The number of oxazole rings is 1. The first-order valence-corrected chi connectivity index (χ1v) is 6.30. The van der Waals surface area contributed by atoms with Gasteiger partial charge in [-0.25, -0.2) is 9.78 Å². The Kier molecular flexibility index (Phi) is 3.22. The maximum Gasteiger partial charge on any atom is 0.373 e. The summed E-state index contributed by atoms with van der Waals surface area (Å²) in [5.41, 5.74) is 0.495. The van der Waals surface area contributed by atoms with E-state index in [0.29, 0.717) is 18.0 Å². The minimum Gasteiger partial charge on any atom is -0.475 e. The fraction of sp³-hybridized carbons (Fsp3) is 0.692. The second kappa shape index (κ2) is 4.51. The number of carboxylic acids is 1. The lowest BCUT2D eigenvalue weighted by Gasteiger charge is -2.30. The molecule has 0 bridgehead atoms. The lowest BCUT2D eigenvalue weighted by Crippen LogP contribution is -2.25. The van der Waals surface area contributed by atoms with Crippen molar-refractivity contribution in [2.45, 2.75) is 57.8 Å². The van der Waals surface area contributed by atoms with Crippen LogP contribution in [0.4, 0.5) is 0 Å². The van der Waals surface area contributed by atoms with Gasteiger partial charge in [-0.3, -0.25) is 0 Å². The average molecular weight is 237 g/mol. The Balaban J connectivity index is 2.35. The van der Waals surface area contributed by atoms with E-state index in [1.54, 1.807) is 0 Å². The van der Waals surface area contributed by atoms with Gasteiger partial charge in [0.1, 0.15) is 0 Å². The van der Waals surface area contributed by atoms with E-state index in [1.807, 2.05) is 6.92 Å². The maximum atomic E-state index is 11.0. The molecule has 1 aromatic heterocycles. The average Bonchev–Trinajstić information content (AvgIpc) is 2.74. The zero-order valence-corrected chi connectivity index (χ0v) is 10.5. The molecule has 0 radical (unpaired) electrons. The molecule has 1 heterocycles. The van der Waals surface area contributed by atoms with Gasteiger partial charge in [-0.05, 0) is 19.3 Å². The summed E-state index contributed by atoms with van der Waals surface area (Å²) >= 11 is 0. The first-order valence-electron chi connectivity index (χ1n) is 6.30. The van der Waals surface area contributed by atoms with E-state index in [2.05, 4.69) is 11.9 Å². The molecule has 1 aliphatic rings. The molecule has 2 rings (SSSR count). The molecule has 0 aromatic carbocycles. The van der Waals surface area contributed by atoms with Gasteiger partial charge in [0.25, 0.3) is 0 Å². The van der Waals surface area contributed by atoms with Crippen LogP contribution in [0.2, 0.25) is 0 Å². The molecule has 0 saturated heterocycles. The number of carboxylic acid groups (broad SMARTS) is 1. The molecule has 0 atom stereocenters. The predicted octanol–water partition coefficient (Wildman–Crippen LogP) is 3.16. The summed E-state index contributed by atoms with van der Waals surface area (Å²) < 4.78 is 5.50. The Morgan fingerprint density at radius 3 is 2.53 bits per heavy atom. The third-order valence-electron chi connectivity index (χ3n) is 3.70. The Morgan fingerprint density at radius 2 is 2.06 bits per heavy atom. The molecule has 4 heteroatoms. The number of aromatic nitrogens is 1. The van der Waals surface area contributed by atoms with E-state index in [0.717, 1.165) is 12.8 Å². The molecule has 0 spiro atoms. The van der Waals surface area contributed by atoms with Gasteiger partial charge >= 0.3 is 5.97 Å². The molecule has 1 fully saturated rings. The Hall–Kier alpha value is -1.32. The van der Waals surface area contributed by atoms with E-state index in [9.17, 15) is 4.79 Å². The number of hydrogen-bond donors (Lipinski definition) is 1. The quantitative estimate of drug-likeness (QED) is 0.877. The first-order chi connectivity index (χ1) is 8.07. The van der Waals surface area contributed by atoms with Crippen LogP contribution >= 0.6 is 0 Å². The lowest BCUT2D eigenvalue weighted by atomic mass is 9.76. The van der Waals surface area contributed by atoms with Gasteiger partial charge < -0.3 is 9.52 Å². The summed E-state index contributed by atoms with van der Waals surface area (Å²) in [4.78, 5) is 15.4. The van der Waals surface area contributed by atoms with Crippen LogP contribution in [0.3, 0.4) is 0 Å². The monoisotopic (exact) mass is 237 g/mol. The predicted molar refractivity (Wildman–Crippen MR) is 63.3 cm³/mol. The van der Waals surface area contributed by atoms with Crippen LogP contribution in [0.15, 0.2) is 4.42 Å². The largest absolute Gasteiger partial charge is 0.475 e. The van der Waals surface area contributed by atoms with Crippen molar-refractivity contribution in [3.8, 4) is 0 Å². The van der Waals surface area contributed by atoms with Crippen LogP contribution in [-0.2, 0) is 11.8 Å². The van der Waals surface area contributed by atoms with Gasteiger partial charge in [-0.1, -0.05) is 33.1 Å². The van der Waals surface area contributed by atoms with Crippen LogP contribution in [-0.4, -0.2) is 16.1 Å². The summed E-state index contributed by atoms with van der Waals surface area (Å²) in [6, 6.07) is 0. The smallest absolute Gasteiger partial charge is 0.373 e. The zero-order valence-electron chi connectivity index (χ0n) is 10.5. The van der Waals surface area contributed by atoms with Crippen molar-refractivity contribution in [3.05, 3.63) is 17.3 Å². The maximum absolute atomic E-state index is 11.0. The highest BCUT2D eigenvalue weighted by molar-refractivity contribution is 5.85. The topological polar surface area (TPSA) is 63.3 Å². The molecule has 94 valence electrons. The van der Waals surface area contributed by atoms with E-state index < -0.39 is 5.97 Å².